The van der Waals surface area contributed by atoms with Gasteiger partial charge in [-0.1, -0.05) is 30.3 Å². The van der Waals surface area contributed by atoms with Gasteiger partial charge in [-0.25, -0.2) is 4.98 Å². The number of thiophene rings is 1. The number of imidazole rings is 1. The van der Waals surface area contributed by atoms with Crippen molar-refractivity contribution in [2.75, 3.05) is 20.6 Å². The molecule has 0 bridgehead atoms. The molecule has 2 heterocycles. The molecule has 6 heteroatoms. The van der Waals surface area contributed by atoms with E-state index in [2.05, 4.69) is 73.6 Å². The van der Waals surface area contributed by atoms with Gasteiger partial charge in [0.05, 0.1) is 0 Å². The lowest BCUT2D eigenvalue weighted by Gasteiger charge is -2.22. The minimum Gasteiger partial charge on any atom is -0.352 e. The van der Waals surface area contributed by atoms with Crippen molar-refractivity contribution in [3.8, 4) is 0 Å². The molecule has 0 aliphatic carbocycles. The average Bonchev–Trinajstić information content (AvgIpc) is 3.33. The van der Waals surface area contributed by atoms with E-state index in [0.29, 0.717) is 0 Å². The van der Waals surface area contributed by atoms with Crippen molar-refractivity contribution in [2.45, 2.75) is 26.4 Å². The molecular weight excluding hydrogens is 354 g/mol. The molecule has 3 aromatic rings. The van der Waals surface area contributed by atoms with Gasteiger partial charge in [-0.3, -0.25) is 4.99 Å². The van der Waals surface area contributed by atoms with Gasteiger partial charge in [0.2, 0.25) is 0 Å². The molecule has 3 rings (SSSR count). The number of likely N-dealkylation sites (N-methyl/N-ethyl adjacent to an activating group) is 1. The Morgan fingerprint density at radius 1 is 1.26 bits per heavy atom. The summed E-state index contributed by atoms with van der Waals surface area (Å²) in [6.07, 6.45) is 4.90. The average molecular weight is 382 g/mol. The van der Waals surface area contributed by atoms with Gasteiger partial charge in [-0.2, -0.15) is 0 Å². The van der Waals surface area contributed by atoms with Crippen LogP contribution in [0.2, 0.25) is 0 Å². The smallest absolute Gasteiger partial charge is 0.193 e. The highest BCUT2D eigenvalue weighted by Crippen LogP contribution is 2.10. The molecule has 5 nitrogen and oxygen atoms in total. The van der Waals surface area contributed by atoms with Gasteiger partial charge < -0.3 is 14.8 Å². The molecule has 0 saturated heterocycles. The largest absolute Gasteiger partial charge is 0.352 e. The van der Waals surface area contributed by atoms with Crippen molar-refractivity contribution in [2.24, 2.45) is 4.99 Å². The van der Waals surface area contributed by atoms with Crippen LogP contribution in [0.15, 0.2) is 59.2 Å². The van der Waals surface area contributed by atoms with Crippen molar-refractivity contribution in [1.29, 1.82) is 0 Å². The fourth-order valence-electron chi connectivity index (χ4n) is 3.01. The number of aromatic nitrogens is 2. The van der Waals surface area contributed by atoms with Crippen LogP contribution in [0.25, 0.3) is 0 Å². The maximum absolute atomic E-state index is 4.42. The summed E-state index contributed by atoms with van der Waals surface area (Å²) in [5, 5.41) is 5.60. The molecule has 27 heavy (non-hydrogen) atoms. The highest BCUT2D eigenvalue weighted by atomic mass is 32.1. The summed E-state index contributed by atoms with van der Waals surface area (Å²) in [5.41, 5.74) is 2.52. The number of aryl methyl sites for hydroxylation is 1. The molecule has 0 spiro atoms. The zero-order valence-electron chi connectivity index (χ0n) is 16.2. The van der Waals surface area contributed by atoms with Crippen LogP contribution in [0.5, 0.6) is 0 Å². The fraction of sp³-hybridized carbons (Fsp3) is 0.333. The Balaban J connectivity index is 1.54. The monoisotopic (exact) mass is 381 g/mol. The third-order valence-electron chi connectivity index (χ3n) is 4.57. The van der Waals surface area contributed by atoms with E-state index in [0.717, 1.165) is 37.8 Å². The quantitative estimate of drug-likeness (QED) is 0.503. The molecule has 0 radical (unpaired) electrons. The minimum atomic E-state index is 0.757. The summed E-state index contributed by atoms with van der Waals surface area (Å²) < 4.78 is 2.16. The lowest BCUT2D eigenvalue weighted by Crippen LogP contribution is -2.39. The molecule has 1 N–H and O–H groups in total. The van der Waals surface area contributed by atoms with Crippen LogP contribution >= 0.6 is 11.3 Å². The van der Waals surface area contributed by atoms with E-state index in [1.165, 1.54) is 16.0 Å². The van der Waals surface area contributed by atoms with Gasteiger partial charge in [-0.15, -0.1) is 11.3 Å². The Labute approximate surface area is 165 Å². The first-order valence-electron chi connectivity index (χ1n) is 9.15. The second kappa shape index (κ2) is 9.37. The molecule has 0 amide bonds. The van der Waals surface area contributed by atoms with Crippen LogP contribution in [0.4, 0.5) is 0 Å². The summed E-state index contributed by atoms with van der Waals surface area (Å²) >= 11 is 1.80. The second-order valence-electron chi connectivity index (χ2n) is 6.57. The van der Waals surface area contributed by atoms with E-state index >= 15 is 0 Å². The first-order valence-corrected chi connectivity index (χ1v) is 10.0. The number of aliphatic imine (C=N–C) groups is 1. The summed E-state index contributed by atoms with van der Waals surface area (Å²) in [4.78, 5) is 12.3. The number of guanidine groups is 1. The third-order valence-corrected chi connectivity index (χ3v) is 5.50. The molecule has 0 fully saturated rings. The molecule has 0 atom stereocenters. The SMILES string of the molecule is CN=C(NCc1cccc(Cn2ccnc2C)c1)N(C)CCc1cccs1. The van der Waals surface area contributed by atoms with Crippen molar-refractivity contribution < 1.29 is 0 Å². The Kier molecular flexibility index (Phi) is 6.65. The molecule has 0 saturated carbocycles. The van der Waals surface area contributed by atoms with Crippen molar-refractivity contribution in [1.82, 2.24) is 19.8 Å². The Morgan fingerprint density at radius 3 is 2.81 bits per heavy atom. The summed E-state index contributed by atoms with van der Waals surface area (Å²) in [6.45, 7) is 4.57. The topological polar surface area (TPSA) is 45.5 Å². The number of hydrogen-bond acceptors (Lipinski definition) is 3. The van der Waals surface area contributed by atoms with Crippen LogP contribution in [-0.4, -0.2) is 41.1 Å². The van der Waals surface area contributed by atoms with E-state index in [1.807, 2.05) is 26.4 Å². The molecule has 1 aromatic carbocycles. The normalized spacial score (nSPS) is 11.6. The van der Waals surface area contributed by atoms with Gasteiger partial charge in [0.25, 0.3) is 0 Å². The number of nitrogens with one attached hydrogen (secondary N) is 1. The summed E-state index contributed by atoms with van der Waals surface area (Å²) in [7, 11) is 3.92. The van der Waals surface area contributed by atoms with Crippen LogP contribution in [0.1, 0.15) is 21.8 Å². The zero-order valence-corrected chi connectivity index (χ0v) is 17.0. The van der Waals surface area contributed by atoms with Gasteiger partial charge in [0.1, 0.15) is 5.82 Å². The standard InChI is InChI=1S/C21H27N5S/c1-17-23-10-12-26(17)16-19-7-4-6-18(14-19)15-24-21(22-2)25(3)11-9-20-8-5-13-27-20/h4-8,10,12-14H,9,11,15-16H2,1-3H3,(H,22,24). The fourth-order valence-corrected chi connectivity index (χ4v) is 3.71. The molecule has 0 aliphatic rings. The Morgan fingerprint density at radius 2 is 2.11 bits per heavy atom. The van der Waals surface area contributed by atoms with Crippen molar-refractivity contribution in [3.05, 3.63) is 76.0 Å². The third kappa shape index (κ3) is 5.44. The van der Waals surface area contributed by atoms with E-state index < -0.39 is 0 Å². The highest BCUT2D eigenvalue weighted by Gasteiger charge is 2.07. The van der Waals surface area contributed by atoms with Crippen molar-refractivity contribution in [3.63, 3.8) is 0 Å². The Bertz CT molecular complexity index is 866. The number of nitrogens with zero attached hydrogens (tertiary/aromatic N) is 4. The number of hydrogen-bond donors (Lipinski definition) is 1. The Hall–Kier alpha value is -2.60. The number of rotatable bonds is 7. The first kappa shape index (κ1) is 19.2. The molecule has 142 valence electrons. The van der Waals surface area contributed by atoms with Gasteiger partial charge >= 0.3 is 0 Å². The predicted octanol–water partition coefficient (Wildman–Crippen LogP) is 3.55. The van der Waals surface area contributed by atoms with E-state index in [1.54, 1.807) is 11.3 Å². The van der Waals surface area contributed by atoms with Crippen LogP contribution < -0.4 is 5.32 Å². The molecule has 0 unspecified atom stereocenters. The van der Waals surface area contributed by atoms with Gasteiger partial charge in [-0.05, 0) is 35.9 Å². The minimum absolute atomic E-state index is 0.757. The van der Waals surface area contributed by atoms with Crippen molar-refractivity contribution >= 4 is 17.3 Å². The molecule has 0 aliphatic heterocycles. The van der Waals surface area contributed by atoms with Gasteiger partial charge in [0, 0.05) is 51.0 Å². The first-order chi connectivity index (χ1) is 13.2. The second-order valence-corrected chi connectivity index (χ2v) is 7.61. The van der Waals surface area contributed by atoms with Gasteiger partial charge in [0.15, 0.2) is 5.96 Å². The van der Waals surface area contributed by atoms with E-state index in [-0.39, 0.29) is 0 Å². The van der Waals surface area contributed by atoms with E-state index in [9.17, 15) is 0 Å². The van der Waals surface area contributed by atoms with Crippen LogP contribution in [-0.2, 0) is 19.5 Å². The molecule has 2 aromatic heterocycles. The maximum Gasteiger partial charge on any atom is 0.193 e. The van der Waals surface area contributed by atoms with Crippen LogP contribution in [0.3, 0.4) is 0 Å². The maximum atomic E-state index is 4.42. The lowest BCUT2D eigenvalue weighted by atomic mass is 10.1. The summed E-state index contributed by atoms with van der Waals surface area (Å²) in [5.74, 6) is 1.95. The van der Waals surface area contributed by atoms with Crippen LogP contribution in [0, 0.1) is 6.92 Å². The highest BCUT2D eigenvalue weighted by molar-refractivity contribution is 7.09. The zero-order chi connectivity index (χ0) is 19.1. The van der Waals surface area contributed by atoms with E-state index in [4.69, 9.17) is 0 Å². The molecular formula is C21H27N5S. The lowest BCUT2D eigenvalue weighted by molar-refractivity contribution is 0.486. The number of benzene rings is 1. The predicted molar refractivity (Wildman–Crippen MR) is 113 cm³/mol. The summed E-state index contributed by atoms with van der Waals surface area (Å²) in [6, 6.07) is 12.9.